The van der Waals surface area contributed by atoms with E-state index in [4.69, 9.17) is 5.11 Å². The van der Waals surface area contributed by atoms with Crippen LogP contribution in [0.1, 0.15) is 46.2 Å². The minimum absolute atomic E-state index is 0.894. The fourth-order valence-electron chi connectivity index (χ4n) is 4.23. The van der Waals surface area contributed by atoms with E-state index in [0.29, 0.717) is 0 Å². The van der Waals surface area contributed by atoms with Crippen LogP contribution in [0.3, 0.4) is 0 Å². The maximum Gasteiger partial charge on any atom is 0.328 e. The summed E-state index contributed by atoms with van der Waals surface area (Å²) in [5.41, 5.74) is 7.11. The van der Waals surface area contributed by atoms with E-state index in [1.807, 2.05) is 0 Å². The average Bonchev–Trinajstić information content (AvgIpc) is 3.02. The highest BCUT2D eigenvalue weighted by molar-refractivity contribution is 7.13. The van der Waals surface area contributed by atoms with E-state index in [0.717, 1.165) is 50.2 Å². The Balaban J connectivity index is 1.82. The maximum atomic E-state index is 10.9. The van der Waals surface area contributed by atoms with Crippen LogP contribution in [-0.4, -0.2) is 35.6 Å². The SMILES string of the molecule is CCN1CCC(=C2c3ccccc3CCc3sc(/C=C/C(=O)O)cc32)CC1. The van der Waals surface area contributed by atoms with Crippen molar-refractivity contribution in [3.8, 4) is 0 Å². The van der Waals surface area contributed by atoms with E-state index in [-0.39, 0.29) is 0 Å². The van der Waals surface area contributed by atoms with Crippen LogP contribution in [0, 0.1) is 0 Å². The lowest BCUT2D eigenvalue weighted by atomic mass is 9.87. The fraction of sp³-hybridized carbons (Fsp3) is 0.348. The molecule has 1 saturated heterocycles. The molecule has 0 bridgehead atoms. The number of hydrogen-bond donors (Lipinski definition) is 1. The van der Waals surface area contributed by atoms with Crippen molar-refractivity contribution < 1.29 is 9.90 Å². The van der Waals surface area contributed by atoms with Gasteiger partial charge in [0.25, 0.3) is 0 Å². The number of nitrogens with zero attached hydrogens (tertiary/aromatic N) is 1. The van der Waals surface area contributed by atoms with Gasteiger partial charge < -0.3 is 10.0 Å². The van der Waals surface area contributed by atoms with Gasteiger partial charge in [-0.05, 0) is 66.6 Å². The molecule has 1 aliphatic carbocycles. The van der Waals surface area contributed by atoms with Gasteiger partial charge in [0.1, 0.15) is 0 Å². The number of aliphatic carboxylic acids is 1. The molecule has 0 unspecified atom stereocenters. The summed E-state index contributed by atoms with van der Waals surface area (Å²) in [5, 5.41) is 8.96. The first-order chi connectivity index (χ1) is 13.2. The lowest BCUT2D eigenvalue weighted by Gasteiger charge is -2.29. The van der Waals surface area contributed by atoms with Gasteiger partial charge in [-0.15, -0.1) is 11.3 Å². The second-order valence-corrected chi connectivity index (χ2v) is 8.40. The molecule has 140 valence electrons. The van der Waals surface area contributed by atoms with Gasteiger partial charge in [-0.2, -0.15) is 0 Å². The minimum atomic E-state index is -0.894. The molecule has 0 amide bonds. The smallest absolute Gasteiger partial charge is 0.328 e. The highest BCUT2D eigenvalue weighted by atomic mass is 32.1. The normalized spacial score (nSPS) is 17.7. The first kappa shape index (κ1) is 18.2. The molecule has 27 heavy (non-hydrogen) atoms. The number of rotatable bonds is 3. The van der Waals surface area contributed by atoms with Gasteiger partial charge in [0.05, 0.1) is 0 Å². The van der Waals surface area contributed by atoms with Gasteiger partial charge in [0, 0.05) is 28.9 Å². The van der Waals surface area contributed by atoms with Crippen molar-refractivity contribution in [1.29, 1.82) is 0 Å². The van der Waals surface area contributed by atoms with Crippen LogP contribution in [0.15, 0.2) is 42.0 Å². The molecule has 3 nitrogen and oxygen atoms in total. The zero-order valence-corrected chi connectivity index (χ0v) is 16.5. The molecule has 4 heteroatoms. The van der Waals surface area contributed by atoms with Crippen LogP contribution in [0.25, 0.3) is 11.6 Å². The summed E-state index contributed by atoms with van der Waals surface area (Å²) >= 11 is 1.74. The molecule has 4 rings (SSSR count). The molecule has 1 aromatic heterocycles. The lowest BCUT2D eigenvalue weighted by molar-refractivity contribution is -0.131. The third kappa shape index (κ3) is 3.78. The van der Waals surface area contributed by atoms with E-state index < -0.39 is 5.97 Å². The van der Waals surface area contributed by atoms with Gasteiger partial charge in [-0.3, -0.25) is 0 Å². The minimum Gasteiger partial charge on any atom is -0.478 e. The number of fused-ring (bicyclic) bond motifs is 2. The fourth-order valence-corrected chi connectivity index (χ4v) is 5.30. The molecule has 1 aromatic carbocycles. The monoisotopic (exact) mass is 379 g/mol. The van der Waals surface area contributed by atoms with Gasteiger partial charge in [0.15, 0.2) is 0 Å². The molecule has 0 radical (unpaired) electrons. The van der Waals surface area contributed by atoms with Gasteiger partial charge in [0.2, 0.25) is 0 Å². The highest BCUT2D eigenvalue weighted by Gasteiger charge is 2.25. The second kappa shape index (κ2) is 7.83. The van der Waals surface area contributed by atoms with E-state index >= 15 is 0 Å². The summed E-state index contributed by atoms with van der Waals surface area (Å²) < 4.78 is 0. The van der Waals surface area contributed by atoms with Gasteiger partial charge in [-0.1, -0.05) is 36.8 Å². The van der Waals surface area contributed by atoms with Gasteiger partial charge >= 0.3 is 5.97 Å². The summed E-state index contributed by atoms with van der Waals surface area (Å²) in [4.78, 5) is 15.8. The number of carboxylic acids is 1. The number of thiophene rings is 1. The van der Waals surface area contributed by atoms with Crippen molar-refractivity contribution in [1.82, 2.24) is 4.90 Å². The van der Waals surface area contributed by atoms with Crippen LogP contribution in [0.2, 0.25) is 0 Å². The van der Waals surface area contributed by atoms with Crippen LogP contribution >= 0.6 is 11.3 Å². The Labute approximate surface area is 164 Å². The summed E-state index contributed by atoms with van der Waals surface area (Å²) in [6.07, 6.45) is 7.28. The molecular formula is C23H25NO2S. The van der Waals surface area contributed by atoms with E-state index in [1.165, 1.54) is 33.2 Å². The molecule has 2 aromatic rings. The quantitative estimate of drug-likeness (QED) is 0.774. The topological polar surface area (TPSA) is 40.5 Å². The van der Waals surface area contributed by atoms with Crippen LogP contribution < -0.4 is 0 Å². The van der Waals surface area contributed by atoms with Crippen LogP contribution in [0.5, 0.6) is 0 Å². The number of likely N-dealkylation sites (tertiary alicyclic amines) is 1. The molecule has 0 saturated carbocycles. The Morgan fingerprint density at radius 1 is 1.15 bits per heavy atom. The van der Waals surface area contributed by atoms with Gasteiger partial charge in [-0.25, -0.2) is 4.79 Å². The van der Waals surface area contributed by atoms with Crippen LogP contribution in [0.4, 0.5) is 0 Å². The molecule has 1 fully saturated rings. The third-order valence-corrected chi connectivity index (χ3v) is 6.82. The Hall–Kier alpha value is -2.17. The number of benzene rings is 1. The van der Waals surface area contributed by atoms with Crippen molar-refractivity contribution in [2.45, 2.75) is 32.6 Å². The molecule has 1 aliphatic heterocycles. The van der Waals surface area contributed by atoms with Crippen molar-refractivity contribution in [3.05, 3.63) is 68.4 Å². The molecular weight excluding hydrogens is 354 g/mol. The zero-order chi connectivity index (χ0) is 18.8. The second-order valence-electron chi connectivity index (χ2n) is 7.23. The Bertz CT molecular complexity index is 912. The Morgan fingerprint density at radius 2 is 1.93 bits per heavy atom. The average molecular weight is 380 g/mol. The summed E-state index contributed by atoms with van der Waals surface area (Å²) in [6.45, 7) is 5.61. The summed E-state index contributed by atoms with van der Waals surface area (Å²) in [7, 11) is 0. The van der Waals surface area contributed by atoms with E-state index in [1.54, 1.807) is 23.0 Å². The highest BCUT2D eigenvalue weighted by Crippen LogP contribution is 2.41. The standard InChI is InChI=1S/C23H25NO2S/c1-2-24-13-11-17(12-14-24)23-19-6-4-3-5-16(19)7-9-21-20(23)15-18(27-21)8-10-22(25)26/h3-6,8,10,15H,2,7,9,11-14H2,1H3,(H,25,26)/b10-8+. The van der Waals surface area contributed by atoms with E-state index in [9.17, 15) is 4.79 Å². The maximum absolute atomic E-state index is 10.9. The van der Waals surface area contributed by atoms with E-state index in [2.05, 4.69) is 42.2 Å². The molecule has 2 aliphatic rings. The molecule has 2 heterocycles. The molecule has 0 spiro atoms. The first-order valence-electron chi connectivity index (χ1n) is 9.72. The predicted molar refractivity (Wildman–Crippen MR) is 112 cm³/mol. The van der Waals surface area contributed by atoms with Crippen molar-refractivity contribution >= 4 is 29.0 Å². The predicted octanol–water partition coefficient (Wildman–Crippen LogP) is 4.86. The summed E-state index contributed by atoms with van der Waals surface area (Å²) in [6, 6.07) is 11.0. The largest absolute Gasteiger partial charge is 0.478 e. The van der Waals surface area contributed by atoms with Crippen molar-refractivity contribution in [3.63, 3.8) is 0 Å². The third-order valence-electron chi connectivity index (χ3n) is 5.66. The number of piperidine rings is 1. The zero-order valence-electron chi connectivity index (χ0n) is 15.7. The Morgan fingerprint density at radius 3 is 2.67 bits per heavy atom. The van der Waals surface area contributed by atoms with Crippen molar-refractivity contribution in [2.75, 3.05) is 19.6 Å². The lowest BCUT2D eigenvalue weighted by Crippen LogP contribution is -2.30. The summed E-state index contributed by atoms with van der Waals surface area (Å²) in [5.74, 6) is -0.894. The number of hydrogen-bond acceptors (Lipinski definition) is 3. The van der Waals surface area contributed by atoms with Crippen LogP contribution in [-0.2, 0) is 17.6 Å². The number of aryl methyl sites for hydroxylation is 2. The number of carboxylic acid groups (broad SMARTS) is 1. The Kier molecular flexibility index (Phi) is 5.28. The molecule has 0 atom stereocenters. The molecule has 1 N–H and O–H groups in total. The first-order valence-corrected chi connectivity index (χ1v) is 10.5. The number of carbonyl (C=O) groups is 1. The van der Waals surface area contributed by atoms with Crippen molar-refractivity contribution in [2.24, 2.45) is 0 Å².